The van der Waals surface area contributed by atoms with Crippen LogP contribution in [0.5, 0.6) is 11.5 Å². The number of para-hydroxylation sites is 4. The highest BCUT2D eigenvalue weighted by atomic mass is 16.5. The van der Waals surface area contributed by atoms with E-state index in [1.54, 1.807) is 7.11 Å². The quantitative estimate of drug-likeness (QED) is 0.313. The van der Waals surface area contributed by atoms with E-state index in [9.17, 15) is 4.79 Å². The smallest absolute Gasteiger partial charge is 0.227 e. The molecule has 0 bridgehead atoms. The average molecular weight is 470 g/mol. The fourth-order valence-electron chi connectivity index (χ4n) is 4.87. The number of aromatic nitrogens is 2. The highest BCUT2D eigenvalue weighted by Gasteiger charge is 2.35. The second-order valence-corrected chi connectivity index (χ2v) is 9.16. The third-order valence-electron chi connectivity index (χ3n) is 6.68. The highest BCUT2D eigenvalue weighted by Crippen LogP contribution is 2.37. The van der Waals surface area contributed by atoms with Crippen molar-refractivity contribution in [2.75, 3.05) is 25.2 Å². The first-order valence-corrected chi connectivity index (χ1v) is 12.1. The maximum atomic E-state index is 13.0. The molecular formula is C29H31N3O3. The fourth-order valence-corrected chi connectivity index (χ4v) is 4.87. The Labute approximate surface area is 206 Å². The second-order valence-electron chi connectivity index (χ2n) is 9.16. The van der Waals surface area contributed by atoms with Crippen molar-refractivity contribution in [2.45, 2.75) is 39.2 Å². The molecule has 1 atom stereocenters. The van der Waals surface area contributed by atoms with Crippen molar-refractivity contribution in [1.82, 2.24) is 9.55 Å². The summed E-state index contributed by atoms with van der Waals surface area (Å²) in [5.41, 5.74) is 5.20. The van der Waals surface area contributed by atoms with E-state index in [1.807, 2.05) is 47.4 Å². The van der Waals surface area contributed by atoms with Crippen LogP contribution >= 0.6 is 0 Å². The molecule has 1 aliphatic heterocycles. The zero-order valence-corrected chi connectivity index (χ0v) is 20.5. The van der Waals surface area contributed by atoms with Gasteiger partial charge in [-0.3, -0.25) is 4.79 Å². The van der Waals surface area contributed by atoms with Crippen LogP contribution in [0.3, 0.4) is 0 Å². The fraction of sp³-hybridized carbons (Fsp3) is 0.310. The molecule has 6 nitrogen and oxygen atoms in total. The van der Waals surface area contributed by atoms with Crippen LogP contribution in [0.2, 0.25) is 0 Å². The summed E-state index contributed by atoms with van der Waals surface area (Å²) >= 11 is 0. The van der Waals surface area contributed by atoms with Crippen molar-refractivity contribution >= 4 is 22.6 Å². The van der Waals surface area contributed by atoms with Crippen LogP contribution in [0.1, 0.15) is 35.7 Å². The summed E-state index contributed by atoms with van der Waals surface area (Å²) in [6, 6.07) is 22.1. The molecule has 0 spiro atoms. The maximum Gasteiger partial charge on any atom is 0.227 e. The lowest BCUT2D eigenvalue weighted by atomic mass is 10.1. The lowest BCUT2D eigenvalue weighted by Gasteiger charge is -2.20. The molecule has 1 unspecified atom stereocenters. The summed E-state index contributed by atoms with van der Waals surface area (Å²) < 4.78 is 13.9. The third-order valence-corrected chi connectivity index (χ3v) is 6.68. The Morgan fingerprint density at radius 2 is 1.80 bits per heavy atom. The van der Waals surface area contributed by atoms with Crippen molar-refractivity contribution in [2.24, 2.45) is 0 Å². The summed E-state index contributed by atoms with van der Waals surface area (Å²) in [5, 5.41) is 0. The van der Waals surface area contributed by atoms with Crippen molar-refractivity contribution in [3.8, 4) is 11.5 Å². The van der Waals surface area contributed by atoms with Gasteiger partial charge >= 0.3 is 0 Å². The van der Waals surface area contributed by atoms with Gasteiger partial charge < -0.3 is 18.9 Å². The number of benzene rings is 3. The number of carbonyl (C=O) groups is 1. The third kappa shape index (κ3) is 4.61. The van der Waals surface area contributed by atoms with E-state index in [0.29, 0.717) is 25.3 Å². The molecule has 0 aliphatic carbocycles. The van der Waals surface area contributed by atoms with E-state index < -0.39 is 0 Å². The minimum absolute atomic E-state index is 0.0137. The number of aryl methyl sites for hydroxylation is 3. The van der Waals surface area contributed by atoms with Crippen LogP contribution in [0.15, 0.2) is 66.7 Å². The molecule has 5 rings (SSSR count). The largest absolute Gasteiger partial charge is 0.495 e. The van der Waals surface area contributed by atoms with Gasteiger partial charge in [0.25, 0.3) is 0 Å². The van der Waals surface area contributed by atoms with Gasteiger partial charge in [0.05, 0.1) is 30.4 Å². The molecular weight excluding hydrogens is 438 g/mol. The van der Waals surface area contributed by atoms with E-state index in [0.717, 1.165) is 46.8 Å². The van der Waals surface area contributed by atoms with Crippen molar-refractivity contribution in [3.63, 3.8) is 0 Å². The van der Waals surface area contributed by atoms with Crippen LogP contribution in [0, 0.1) is 13.8 Å². The molecule has 35 heavy (non-hydrogen) atoms. The van der Waals surface area contributed by atoms with Crippen LogP contribution in [-0.2, 0) is 11.3 Å². The Balaban J connectivity index is 1.36. The lowest BCUT2D eigenvalue weighted by Crippen LogP contribution is -2.25. The molecule has 1 fully saturated rings. The topological polar surface area (TPSA) is 56.6 Å². The molecule has 0 N–H and O–H groups in total. The minimum atomic E-state index is 0.0137. The normalized spacial score (nSPS) is 15.7. The number of nitrogens with zero attached hydrogens (tertiary/aromatic N) is 3. The molecule has 1 amide bonds. The number of carbonyl (C=O) groups excluding carboxylic acids is 1. The van der Waals surface area contributed by atoms with Gasteiger partial charge in [0.2, 0.25) is 5.91 Å². The summed E-state index contributed by atoms with van der Waals surface area (Å²) in [7, 11) is 1.64. The molecule has 0 saturated carbocycles. The number of anilines is 1. The molecule has 180 valence electrons. The predicted molar refractivity (Wildman–Crippen MR) is 138 cm³/mol. The SMILES string of the molecule is COc1ccccc1N1CC(c2nc3ccccc3n2CCCOc2cc(C)ccc2C)CC1=O. The standard InChI is InChI=1S/C29H31N3O3/c1-20-13-14-21(2)27(17-20)35-16-8-15-31-24-10-5-4-9-23(24)30-29(31)22-18-28(33)32(19-22)25-11-6-7-12-26(25)34-3/h4-7,9-14,17,22H,8,15-16,18-19H2,1-3H3. The van der Waals surface area contributed by atoms with Gasteiger partial charge in [-0.1, -0.05) is 36.4 Å². The van der Waals surface area contributed by atoms with E-state index in [-0.39, 0.29) is 11.8 Å². The number of rotatable bonds is 8. The van der Waals surface area contributed by atoms with Gasteiger partial charge in [0.15, 0.2) is 0 Å². The monoisotopic (exact) mass is 469 g/mol. The lowest BCUT2D eigenvalue weighted by molar-refractivity contribution is -0.117. The number of methoxy groups -OCH3 is 1. The molecule has 6 heteroatoms. The van der Waals surface area contributed by atoms with Gasteiger partial charge in [-0.25, -0.2) is 4.98 Å². The van der Waals surface area contributed by atoms with Crippen LogP contribution < -0.4 is 14.4 Å². The minimum Gasteiger partial charge on any atom is -0.495 e. The summed E-state index contributed by atoms with van der Waals surface area (Å²) in [4.78, 5) is 19.8. The molecule has 0 radical (unpaired) electrons. The maximum absolute atomic E-state index is 13.0. The van der Waals surface area contributed by atoms with Crippen LogP contribution in [0.4, 0.5) is 5.69 Å². The first-order valence-electron chi connectivity index (χ1n) is 12.1. The highest BCUT2D eigenvalue weighted by molar-refractivity contribution is 5.97. The number of hydrogen-bond acceptors (Lipinski definition) is 4. The molecule has 4 aromatic rings. The molecule has 3 aromatic carbocycles. The van der Waals surface area contributed by atoms with Gasteiger partial charge in [-0.15, -0.1) is 0 Å². The number of hydrogen-bond donors (Lipinski definition) is 0. The number of fused-ring (bicyclic) bond motifs is 1. The zero-order chi connectivity index (χ0) is 24.4. The van der Waals surface area contributed by atoms with E-state index in [2.05, 4.69) is 42.7 Å². The van der Waals surface area contributed by atoms with Crippen molar-refractivity contribution in [1.29, 1.82) is 0 Å². The Morgan fingerprint density at radius 3 is 2.66 bits per heavy atom. The van der Waals surface area contributed by atoms with Gasteiger partial charge in [-0.05, 0) is 61.7 Å². The second kappa shape index (κ2) is 9.82. The number of amides is 1. The van der Waals surface area contributed by atoms with Crippen molar-refractivity contribution in [3.05, 3.63) is 83.7 Å². The van der Waals surface area contributed by atoms with Gasteiger partial charge in [0, 0.05) is 25.4 Å². The first kappa shape index (κ1) is 23.0. The van der Waals surface area contributed by atoms with Gasteiger partial charge in [-0.2, -0.15) is 0 Å². The Kier molecular flexibility index (Phi) is 6.45. The van der Waals surface area contributed by atoms with E-state index in [1.165, 1.54) is 5.56 Å². The Hall–Kier alpha value is -3.80. The zero-order valence-electron chi connectivity index (χ0n) is 20.5. The van der Waals surface area contributed by atoms with Gasteiger partial charge in [0.1, 0.15) is 17.3 Å². The Morgan fingerprint density at radius 1 is 1.00 bits per heavy atom. The molecule has 1 aliphatic rings. The van der Waals surface area contributed by atoms with E-state index >= 15 is 0 Å². The molecule has 1 saturated heterocycles. The van der Waals surface area contributed by atoms with Crippen LogP contribution in [0.25, 0.3) is 11.0 Å². The Bertz CT molecular complexity index is 1360. The number of imidazole rings is 1. The summed E-state index contributed by atoms with van der Waals surface area (Å²) in [5.74, 6) is 2.72. The predicted octanol–water partition coefficient (Wildman–Crippen LogP) is 5.65. The summed E-state index contributed by atoms with van der Waals surface area (Å²) in [6.07, 6.45) is 1.28. The first-order chi connectivity index (χ1) is 17.0. The average Bonchev–Trinajstić information content (AvgIpc) is 3.44. The van der Waals surface area contributed by atoms with Crippen molar-refractivity contribution < 1.29 is 14.3 Å². The summed E-state index contributed by atoms with van der Waals surface area (Å²) in [6.45, 7) is 6.13. The molecule has 2 heterocycles. The van der Waals surface area contributed by atoms with E-state index in [4.69, 9.17) is 14.5 Å². The van der Waals surface area contributed by atoms with Crippen LogP contribution in [-0.4, -0.2) is 35.7 Å². The molecule has 1 aromatic heterocycles. The number of ether oxygens (including phenoxy) is 2.